The third-order valence-corrected chi connectivity index (χ3v) is 3.22. The summed E-state index contributed by atoms with van der Waals surface area (Å²) in [4.78, 5) is 4.31. The SMILES string of the molecule is OCCC#Cc1cnn(-c2ccnc3cc(Cl)ccc23)c1. The first-order valence-electron chi connectivity index (χ1n) is 6.47. The van der Waals surface area contributed by atoms with Crippen LogP contribution in [0.1, 0.15) is 12.0 Å². The molecule has 0 saturated heterocycles. The molecular formula is C16H12ClN3O. The molecule has 21 heavy (non-hydrogen) atoms. The van der Waals surface area contributed by atoms with Crippen LogP contribution in [0.15, 0.2) is 42.9 Å². The fourth-order valence-electron chi connectivity index (χ4n) is 2.05. The number of halogens is 1. The van der Waals surface area contributed by atoms with Crippen molar-refractivity contribution in [2.45, 2.75) is 6.42 Å². The molecular weight excluding hydrogens is 286 g/mol. The first kappa shape index (κ1) is 13.6. The molecule has 0 saturated carbocycles. The number of hydrogen-bond acceptors (Lipinski definition) is 3. The monoisotopic (exact) mass is 297 g/mol. The summed E-state index contributed by atoms with van der Waals surface area (Å²) in [5.41, 5.74) is 2.55. The van der Waals surface area contributed by atoms with E-state index in [1.165, 1.54) is 0 Å². The highest BCUT2D eigenvalue weighted by Crippen LogP contribution is 2.23. The van der Waals surface area contributed by atoms with Crippen molar-refractivity contribution in [3.8, 4) is 17.5 Å². The number of rotatable bonds is 2. The lowest BCUT2D eigenvalue weighted by atomic mass is 10.2. The van der Waals surface area contributed by atoms with Gasteiger partial charge in [0.25, 0.3) is 0 Å². The minimum absolute atomic E-state index is 0.0664. The summed E-state index contributed by atoms with van der Waals surface area (Å²) in [5, 5.41) is 14.7. The maximum absolute atomic E-state index is 8.73. The Kier molecular flexibility index (Phi) is 3.87. The summed E-state index contributed by atoms with van der Waals surface area (Å²) in [7, 11) is 0. The molecule has 5 heteroatoms. The van der Waals surface area contributed by atoms with Gasteiger partial charge >= 0.3 is 0 Å². The lowest BCUT2D eigenvalue weighted by molar-refractivity contribution is 0.305. The molecule has 3 aromatic rings. The molecule has 0 aliphatic heterocycles. The highest BCUT2D eigenvalue weighted by Gasteiger charge is 2.06. The topological polar surface area (TPSA) is 50.9 Å². The predicted molar refractivity (Wildman–Crippen MR) is 82.5 cm³/mol. The summed E-state index contributed by atoms with van der Waals surface area (Å²) < 4.78 is 1.76. The average molecular weight is 298 g/mol. The van der Waals surface area contributed by atoms with Gasteiger partial charge in [-0.2, -0.15) is 5.10 Å². The number of aliphatic hydroxyl groups excluding tert-OH is 1. The lowest BCUT2D eigenvalue weighted by Gasteiger charge is -2.05. The van der Waals surface area contributed by atoms with Gasteiger partial charge in [-0.25, -0.2) is 4.68 Å². The van der Waals surface area contributed by atoms with Crippen LogP contribution < -0.4 is 0 Å². The number of benzene rings is 1. The molecule has 1 aromatic carbocycles. The van der Waals surface area contributed by atoms with Gasteiger partial charge in [0, 0.05) is 29.2 Å². The molecule has 0 unspecified atom stereocenters. The Morgan fingerprint density at radius 3 is 3.05 bits per heavy atom. The number of fused-ring (bicyclic) bond motifs is 1. The van der Waals surface area contributed by atoms with Gasteiger partial charge in [0.2, 0.25) is 0 Å². The van der Waals surface area contributed by atoms with Gasteiger partial charge in [0.05, 0.1) is 29.6 Å². The van der Waals surface area contributed by atoms with Crippen LogP contribution in [-0.2, 0) is 0 Å². The van der Waals surface area contributed by atoms with Crippen LogP contribution in [-0.4, -0.2) is 26.5 Å². The fraction of sp³-hybridized carbons (Fsp3) is 0.125. The molecule has 0 aliphatic carbocycles. The molecule has 1 N–H and O–H groups in total. The second kappa shape index (κ2) is 5.96. The van der Waals surface area contributed by atoms with Crippen LogP contribution in [0.4, 0.5) is 0 Å². The van der Waals surface area contributed by atoms with Crippen molar-refractivity contribution in [1.29, 1.82) is 0 Å². The van der Waals surface area contributed by atoms with E-state index in [2.05, 4.69) is 21.9 Å². The second-order valence-electron chi connectivity index (χ2n) is 4.44. The Hall–Kier alpha value is -2.35. The molecule has 0 radical (unpaired) electrons. The van der Waals surface area contributed by atoms with Gasteiger partial charge in [0.1, 0.15) is 0 Å². The maximum atomic E-state index is 8.73. The zero-order valence-corrected chi connectivity index (χ0v) is 11.9. The molecule has 0 fully saturated rings. The van der Waals surface area contributed by atoms with Crippen LogP contribution in [0.3, 0.4) is 0 Å². The van der Waals surface area contributed by atoms with Crippen LogP contribution in [0.2, 0.25) is 5.02 Å². The van der Waals surface area contributed by atoms with Crippen molar-refractivity contribution in [2.24, 2.45) is 0 Å². The zero-order valence-electron chi connectivity index (χ0n) is 11.1. The quantitative estimate of drug-likeness (QED) is 0.740. The zero-order chi connectivity index (χ0) is 14.7. The molecule has 4 nitrogen and oxygen atoms in total. The lowest BCUT2D eigenvalue weighted by Crippen LogP contribution is -1.96. The van der Waals surface area contributed by atoms with E-state index in [0.717, 1.165) is 22.2 Å². The third kappa shape index (κ3) is 2.89. The minimum Gasteiger partial charge on any atom is -0.395 e. The van der Waals surface area contributed by atoms with Gasteiger partial charge in [-0.05, 0) is 24.3 Å². The Morgan fingerprint density at radius 2 is 2.19 bits per heavy atom. The van der Waals surface area contributed by atoms with Crippen molar-refractivity contribution in [1.82, 2.24) is 14.8 Å². The van der Waals surface area contributed by atoms with Crippen LogP contribution in [0.5, 0.6) is 0 Å². The number of aromatic nitrogens is 3. The van der Waals surface area contributed by atoms with Crippen molar-refractivity contribution in [3.63, 3.8) is 0 Å². The number of pyridine rings is 1. The number of aliphatic hydroxyl groups is 1. The van der Waals surface area contributed by atoms with E-state index in [1.54, 1.807) is 17.1 Å². The third-order valence-electron chi connectivity index (χ3n) is 2.98. The molecule has 0 atom stereocenters. The van der Waals surface area contributed by atoms with Gasteiger partial charge in [-0.1, -0.05) is 23.4 Å². The Morgan fingerprint density at radius 1 is 1.29 bits per heavy atom. The first-order chi connectivity index (χ1) is 10.3. The fourth-order valence-corrected chi connectivity index (χ4v) is 2.21. The van der Waals surface area contributed by atoms with E-state index in [0.29, 0.717) is 11.4 Å². The van der Waals surface area contributed by atoms with E-state index in [1.807, 2.05) is 30.5 Å². The van der Waals surface area contributed by atoms with Crippen molar-refractivity contribution in [3.05, 3.63) is 53.4 Å². The standard InChI is InChI=1S/C16H12ClN3O/c17-13-4-5-14-15(9-13)18-7-6-16(14)20-11-12(10-19-20)3-1-2-8-21/h4-7,9-11,21H,2,8H2. The highest BCUT2D eigenvalue weighted by atomic mass is 35.5. The number of hydrogen-bond donors (Lipinski definition) is 1. The smallest absolute Gasteiger partial charge is 0.0755 e. The van der Waals surface area contributed by atoms with Crippen molar-refractivity contribution < 1.29 is 5.11 Å². The highest BCUT2D eigenvalue weighted by molar-refractivity contribution is 6.31. The van der Waals surface area contributed by atoms with E-state index in [9.17, 15) is 0 Å². The normalized spacial score (nSPS) is 10.4. The Bertz CT molecular complexity index is 845. The van der Waals surface area contributed by atoms with Crippen LogP contribution >= 0.6 is 11.6 Å². The van der Waals surface area contributed by atoms with Gasteiger partial charge in [0.15, 0.2) is 0 Å². The molecule has 104 valence electrons. The van der Waals surface area contributed by atoms with Gasteiger partial charge in [-0.3, -0.25) is 4.98 Å². The molecule has 3 rings (SSSR count). The summed E-state index contributed by atoms with van der Waals surface area (Å²) in [5.74, 6) is 5.84. The van der Waals surface area contributed by atoms with Crippen molar-refractivity contribution in [2.75, 3.05) is 6.61 Å². The van der Waals surface area contributed by atoms with Crippen LogP contribution in [0, 0.1) is 11.8 Å². The minimum atomic E-state index is 0.0664. The van der Waals surface area contributed by atoms with E-state index >= 15 is 0 Å². The molecule has 0 amide bonds. The maximum Gasteiger partial charge on any atom is 0.0755 e. The number of nitrogens with zero attached hydrogens (tertiary/aromatic N) is 3. The summed E-state index contributed by atoms with van der Waals surface area (Å²) >= 11 is 5.99. The Labute approximate surface area is 127 Å². The molecule has 0 spiro atoms. The van der Waals surface area contributed by atoms with E-state index in [4.69, 9.17) is 16.7 Å². The molecule has 0 bridgehead atoms. The van der Waals surface area contributed by atoms with Crippen molar-refractivity contribution >= 4 is 22.5 Å². The Balaban J connectivity index is 2.03. The molecule has 2 aromatic heterocycles. The first-order valence-corrected chi connectivity index (χ1v) is 6.85. The summed E-state index contributed by atoms with van der Waals surface area (Å²) in [6.45, 7) is 0.0664. The summed E-state index contributed by atoms with van der Waals surface area (Å²) in [6.07, 6.45) is 5.75. The van der Waals surface area contributed by atoms with Crippen LogP contribution in [0.25, 0.3) is 16.6 Å². The summed E-state index contributed by atoms with van der Waals surface area (Å²) in [6, 6.07) is 7.49. The average Bonchev–Trinajstić information content (AvgIpc) is 2.95. The van der Waals surface area contributed by atoms with Gasteiger partial charge in [-0.15, -0.1) is 0 Å². The van der Waals surface area contributed by atoms with E-state index in [-0.39, 0.29) is 6.61 Å². The second-order valence-corrected chi connectivity index (χ2v) is 4.88. The largest absolute Gasteiger partial charge is 0.395 e. The molecule has 0 aliphatic rings. The molecule has 2 heterocycles. The van der Waals surface area contributed by atoms with Gasteiger partial charge < -0.3 is 5.11 Å². The van der Waals surface area contributed by atoms with E-state index < -0.39 is 0 Å². The predicted octanol–water partition coefficient (Wildman–Crippen LogP) is 2.81.